The zero-order valence-electron chi connectivity index (χ0n) is 17.3. The van der Waals surface area contributed by atoms with Crippen molar-refractivity contribution >= 4 is 34.7 Å². The van der Waals surface area contributed by atoms with E-state index in [1.165, 1.54) is 0 Å². The van der Waals surface area contributed by atoms with Gasteiger partial charge in [-0.3, -0.25) is 14.7 Å². The number of rotatable bonds is 5. The predicted octanol–water partition coefficient (Wildman–Crippen LogP) is 3.27. The number of hydrogen-bond acceptors (Lipinski definition) is 5. The molecule has 0 atom stereocenters. The van der Waals surface area contributed by atoms with Crippen molar-refractivity contribution in [2.75, 3.05) is 45.7 Å². The lowest BCUT2D eigenvalue weighted by molar-refractivity contribution is -0.114. The molecule has 0 saturated heterocycles. The minimum absolute atomic E-state index is 0.144. The first kappa shape index (κ1) is 20.3. The van der Waals surface area contributed by atoms with Crippen molar-refractivity contribution in [1.29, 1.82) is 0 Å². The first-order valence-corrected chi connectivity index (χ1v) is 10.2. The fourth-order valence-corrected chi connectivity index (χ4v) is 3.68. The van der Waals surface area contributed by atoms with Crippen LogP contribution in [-0.2, 0) is 4.79 Å². The Morgan fingerprint density at radius 3 is 2.60 bits per heavy atom. The molecule has 30 heavy (non-hydrogen) atoms. The Bertz CT molecular complexity index is 1060. The summed E-state index contributed by atoms with van der Waals surface area (Å²) < 4.78 is 0. The van der Waals surface area contributed by atoms with Crippen LogP contribution in [0.3, 0.4) is 0 Å². The van der Waals surface area contributed by atoms with Crippen LogP contribution in [0.1, 0.15) is 11.1 Å². The largest absolute Gasteiger partial charge is 0.377 e. The molecule has 2 heterocycles. The zero-order valence-corrected chi connectivity index (χ0v) is 18.1. The van der Waals surface area contributed by atoms with Gasteiger partial charge in [0.1, 0.15) is 11.5 Å². The van der Waals surface area contributed by atoms with Gasteiger partial charge in [0.25, 0.3) is 5.91 Å². The molecule has 2 aliphatic heterocycles. The number of anilines is 1. The van der Waals surface area contributed by atoms with Crippen molar-refractivity contribution in [3.05, 3.63) is 76.6 Å². The maximum Gasteiger partial charge on any atom is 0.284 e. The molecule has 2 aliphatic rings. The van der Waals surface area contributed by atoms with Gasteiger partial charge in [-0.15, -0.1) is 0 Å². The van der Waals surface area contributed by atoms with Gasteiger partial charge in [0, 0.05) is 42.5 Å². The smallest absolute Gasteiger partial charge is 0.284 e. The molecule has 6 nitrogen and oxygen atoms in total. The number of carbonyl (C=O) groups is 1. The van der Waals surface area contributed by atoms with E-state index in [0.717, 1.165) is 35.6 Å². The van der Waals surface area contributed by atoms with E-state index in [-0.39, 0.29) is 5.91 Å². The molecule has 0 radical (unpaired) electrons. The number of nitrogens with zero attached hydrogens (tertiary/aromatic N) is 5. The number of fused-ring (bicyclic) bond motifs is 3. The van der Waals surface area contributed by atoms with Crippen LogP contribution in [0.15, 0.2) is 70.4 Å². The van der Waals surface area contributed by atoms with E-state index < -0.39 is 0 Å². The minimum Gasteiger partial charge on any atom is -0.377 e. The third kappa shape index (κ3) is 4.01. The summed E-state index contributed by atoms with van der Waals surface area (Å²) in [4.78, 5) is 28.5. The predicted molar refractivity (Wildman–Crippen MR) is 123 cm³/mol. The fraction of sp³-hybridized carbons (Fsp3) is 0.261. The normalized spacial score (nSPS) is 16.9. The number of likely N-dealkylation sites (N-methyl/N-ethyl adjacent to an activating group) is 2. The van der Waals surface area contributed by atoms with Crippen molar-refractivity contribution in [3.63, 3.8) is 0 Å². The number of amides is 1. The summed E-state index contributed by atoms with van der Waals surface area (Å²) >= 11 is 6.31. The second-order valence-corrected chi connectivity index (χ2v) is 8.10. The number of hydrogen-bond donors (Lipinski definition) is 0. The van der Waals surface area contributed by atoms with E-state index in [0.29, 0.717) is 23.1 Å². The standard InChI is InChI=1S/C23H24ClN5O/c1-27(2)11-12-28(3)15-19-23(30)29-20-10-9-17(24)13-18(20)22(25-14-21(29)26-19)16-7-5-4-6-8-16/h4-10,13,15H,11-12,14H2,1-3H3/b19-15+. The van der Waals surface area contributed by atoms with Crippen LogP contribution in [0.5, 0.6) is 0 Å². The summed E-state index contributed by atoms with van der Waals surface area (Å²) in [5.41, 5.74) is 3.80. The quantitative estimate of drug-likeness (QED) is 0.696. The van der Waals surface area contributed by atoms with Crippen LogP contribution in [-0.4, -0.2) is 68.0 Å². The Kier molecular flexibility index (Phi) is 5.70. The monoisotopic (exact) mass is 421 g/mol. The van der Waals surface area contributed by atoms with E-state index in [1.807, 2.05) is 74.7 Å². The third-order valence-corrected chi connectivity index (χ3v) is 5.29. The summed E-state index contributed by atoms with van der Waals surface area (Å²) in [6, 6.07) is 15.5. The Morgan fingerprint density at radius 2 is 1.87 bits per heavy atom. The summed E-state index contributed by atoms with van der Waals surface area (Å²) in [5, 5.41) is 0.601. The van der Waals surface area contributed by atoms with Gasteiger partial charge in [-0.2, -0.15) is 0 Å². The zero-order chi connectivity index (χ0) is 21.3. The highest BCUT2D eigenvalue weighted by atomic mass is 35.5. The second kappa shape index (κ2) is 8.42. The van der Waals surface area contributed by atoms with Crippen molar-refractivity contribution in [3.8, 4) is 0 Å². The molecule has 0 aromatic heterocycles. The van der Waals surface area contributed by atoms with E-state index in [2.05, 4.69) is 9.89 Å². The SMILES string of the molecule is CN(C)CCN(C)/C=C1/N=C2CN=C(c3ccccc3)c3cc(Cl)ccc3N2C1=O. The van der Waals surface area contributed by atoms with Gasteiger partial charge < -0.3 is 9.80 Å². The topological polar surface area (TPSA) is 51.5 Å². The van der Waals surface area contributed by atoms with Gasteiger partial charge in [-0.25, -0.2) is 4.99 Å². The Morgan fingerprint density at radius 1 is 1.10 bits per heavy atom. The Hall–Kier alpha value is -2.96. The number of aliphatic imine (C=N–C) groups is 2. The first-order valence-electron chi connectivity index (χ1n) is 9.82. The van der Waals surface area contributed by atoms with Crippen LogP contribution < -0.4 is 4.90 Å². The summed E-state index contributed by atoms with van der Waals surface area (Å²) in [5.74, 6) is 0.483. The maximum atomic E-state index is 13.3. The summed E-state index contributed by atoms with van der Waals surface area (Å²) in [7, 11) is 6.00. The highest BCUT2D eigenvalue weighted by molar-refractivity contribution is 6.34. The van der Waals surface area contributed by atoms with Crippen molar-refractivity contribution in [2.45, 2.75) is 0 Å². The number of halogens is 1. The van der Waals surface area contributed by atoms with Gasteiger partial charge in [0.05, 0.1) is 17.9 Å². The van der Waals surface area contributed by atoms with Gasteiger partial charge in [0.2, 0.25) is 0 Å². The number of amidine groups is 1. The molecule has 4 rings (SSSR count). The molecule has 2 aromatic rings. The van der Waals surface area contributed by atoms with Crippen molar-refractivity contribution in [2.24, 2.45) is 9.98 Å². The average molecular weight is 422 g/mol. The minimum atomic E-state index is -0.144. The van der Waals surface area contributed by atoms with Crippen LogP contribution >= 0.6 is 11.6 Å². The third-order valence-electron chi connectivity index (χ3n) is 5.05. The summed E-state index contributed by atoms with van der Waals surface area (Å²) in [6.45, 7) is 2.01. The number of carbonyl (C=O) groups excluding carboxylic acids is 1. The molecule has 0 unspecified atom stereocenters. The Balaban J connectivity index is 1.74. The lowest BCUT2D eigenvalue weighted by Gasteiger charge is -2.20. The lowest BCUT2D eigenvalue weighted by Crippen LogP contribution is -2.34. The lowest BCUT2D eigenvalue weighted by atomic mass is 10.00. The van der Waals surface area contributed by atoms with Gasteiger partial charge in [0.15, 0.2) is 0 Å². The highest BCUT2D eigenvalue weighted by Crippen LogP contribution is 2.33. The van der Waals surface area contributed by atoms with Gasteiger partial charge >= 0.3 is 0 Å². The molecule has 0 aliphatic carbocycles. The van der Waals surface area contributed by atoms with E-state index in [9.17, 15) is 4.79 Å². The maximum absolute atomic E-state index is 13.3. The molecular weight excluding hydrogens is 398 g/mol. The van der Waals surface area contributed by atoms with E-state index in [4.69, 9.17) is 16.6 Å². The van der Waals surface area contributed by atoms with Crippen LogP contribution in [0.2, 0.25) is 5.02 Å². The Labute approximate surface area is 181 Å². The van der Waals surface area contributed by atoms with Crippen LogP contribution in [0, 0.1) is 0 Å². The molecule has 0 fully saturated rings. The molecule has 1 amide bonds. The molecule has 0 bridgehead atoms. The van der Waals surface area contributed by atoms with E-state index >= 15 is 0 Å². The first-order chi connectivity index (χ1) is 14.4. The molecule has 154 valence electrons. The van der Waals surface area contributed by atoms with Crippen LogP contribution in [0.4, 0.5) is 5.69 Å². The molecule has 2 aromatic carbocycles. The van der Waals surface area contributed by atoms with Gasteiger partial charge in [-0.05, 0) is 32.3 Å². The average Bonchev–Trinajstić information content (AvgIpc) is 2.93. The molecule has 0 spiro atoms. The molecule has 0 saturated carbocycles. The van der Waals surface area contributed by atoms with Crippen LogP contribution in [0.25, 0.3) is 0 Å². The van der Waals surface area contributed by atoms with Crippen molar-refractivity contribution in [1.82, 2.24) is 9.80 Å². The fourth-order valence-electron chi connectivity index (χ4n) is 3.51. The summed E-state index contributed by atoms with van der Waals surface area (Å²) in [6.07, 6.45) is 1.81. The molecule has 0 N–H and O–H groups in total. The highest BCUT2D eigenvalue weighted by Gasteiger charge is 2.35. The molecule has 7 heteroatoms. The second-order valence-electron chi connectivity index (χ2n) is 7.66. The van der Waals surface area contributed by atoms with Crippen molar-refractivity contribution < 1.29 is 4.79 Å². The number of benzene rings is 2. The molecular formula is C23H24ClN5O. The van der Waals surface area contributed by atoms with Gasteiger partial charge in [-0.1, -0.05) is 41.9 Å². The van der Waals surface area contributed by atoms with E-state index in [1.54, 1.807) is 11.0 Å².